The van der Waals surface area contributed by atoms with E-state index < -0.39 is 5.82 Å². The van der Waals surface area contributed by atoms with Gasteiger partial charge in [0.2, 0.25) is 0 Å². The number of alkyl halides is 1. The van der Waals surface area contributed by atoms with Crippen molar-refractivity contribution in [3.8, 4) is 5.75 Å². The Morgan fingerprint density at radius 1 is 1.55 bits per heavy atom. The number of hydrogen-bond donors (Lipinski definition) is 1. The van der Waals surface area contributed by atoms with Gasteiger partial charge in [0, 0.05) is 16.1 Å². The van der Waals surface area contributed by atoms with Gasteiger partial charge in [0.05, 0.1) is 5.88 Å². The van der Waals surface area contributed by atoms with Crippen LogP contribution in [0.2, 0.25) is 0 Å². The molecule has 1 aromatic carbocycles. The first-order chi connectivity index (χ1) is 5.15. The van der Waals surface area contributed by atoms with E-state index >= 15 is 0 Å². The van der Waals surface area contributed by atoms with Crippen LogP contribution in [0.3, 0.4) is 0 Å². The molecule has 0 atom stereocenters. The lowest BCUT2D eigenvalue weighted by atomic mass is 10.2. The molecule has 0 aliphatic rings. The highest BCUT2D eigenvalue weighted by molar-refractivity contribution is 9.10. The van der Waals surface area contributed by atoms with Crippen LogP contribution in [0.25, 0.3) is 0 Å². The first-order valence-corrected chi connectivity index (χ1v) is 4.20. The highest BCUT2D eigenvalue weighted by Crippen LogP contribution is 2.28. The molecule has 0 aliphatic heterocycles. The number of phenolic OH excluding ortho intramolecular Hbond substituents is 1. The maximum atomic E-state index is 12.5. The molecule has 0 spiro atoms. The zero-order valence-electron chi connectivity index (χ0n) is 5.44. The third-order valence-corrected chi connectivity index (χ3v) is 2.25. The molecule has 4 heteroatoms. The molecule has 0 aromatic heterocycles. The molecular formula is C7H5BrClFO. The fourth-order valence-corrected chi connectivity index (χ4v) is 1.73. The summed E-state index contributed by atoms with van der Waals surface area (Å²) in [5.74, 6) is -0.442. The van der Waals surface area contributed by atoms with Gasteiger partial charge in [-0.25, -0.2) is 4.39 Å². The molecule has 1 aromatic rings. The molecule has 0 fully saturated rings. The minimum atomic E-state index is -0.483. The molecule has 0 radical (unpaired) electrons. The topological polar surface area (TPSA) is 20.2 Å². The second kappa shape index (κ2) is 3.41. The van der Waals surface area contributed by atoms with Crippen LogP contribution < -0.4 is 0 Å². The molecule has 0 aliphatic carbocycles. The predicted octanol–water partition coefficient (Wildman–Crippen LogP) is 3.03. The summed E-state index contributed by atoms with van der Waals surface area (Å²) < 4.78 is 13.0. The van der Waals surface area contributed by atoms with Gasteiger partial charge in [-0.1, -0.05) is 15.9 Å². The fraction of sp³-hybridized carbons (Fsp3) is 0.143. The first-order valence-electron chi connectivity index (χ1n) is 2.88. The molecule has 0 amide bonds. The van der Waals surface area contributed by atoms with Crippen molar-refractivity contribution in [2.24, 2.45) is 0 Å². The molecular weight excluding hydrogens is 234 g/mol. The molecule has 0 unspecified atom stereocenters. The number of aromatic hydroxyl groups is 1. The largest absolute Gasteiger partial charge is 0.507 e. The standard InChI is InChI=1S/C7H5BrClFO/c8-6-1-4(10)2-7(11)5(6)3-9/h1-2,11H,3H2. The van der Waals surface area contributed by atoms with E-state index in [9.17, 15) is 4.39 Å². The summed E-state index contributed by atoms with van der Waals surface area (Å²) >= 11 is 8.55. The number of halogens is 3. The van der Waals surface area contributed by atoms with Crippen LogP contribution in [0, 0.1) is 5.82 Å². The summed E-state index contributed by atoms with van der Waals surface area (Å²) in [6.07, 6.45) is 0. The maximum Gasteiger partial charge on any atom is 0.128 e. The SMILES string of the molecule is Oc1cc(F)cc(Br)c1CCl. The number of benzene rings is 1. The van der Waals surface area contributed by atoms with E-state index in [0.29, 0.717) is 10.0 Å². The molecule has 1 N–H and O–H groups in total. The van der Waals surface area contributed by atoms with Crippen LogP contribution in [-0.2, 0) is 5.88 Å². The molecule has 1 nitrogen and oxygen atoms in total. The van der Waals surface area contributed by atoms with Gasteiger partial charge in [0.15, 0.2) is 0 Å². The van der Waals surface area contributed by atoms with Gasteiger partial charge in [0.25, 0.3) is 0 Å². The summed E-state index contributed by atoms with van der Waals surface area (Å²) in [5.41, 5.74) is 0.507. The number of rotatable bonds is 1. The van der Waals surface area contributed by atoms with E-state index in [-0.39, 0.29) is 11.6 Å². The highest BCUT2D eigenvalue weighted by Gasteiger charge is 2.06. The van der Waals surface area contributed by atoms with E-state index in [1.807, 2.05) is 0 Å². The van der Waals surface area contributed by atoms with Crippen molar-refractivity contribution in [1.29, 1.82) is 0 Å². The monoisotopic (exact) mass is 238 g/mol. The Hall–Kier alpha value is -0.280. The Morgan fingerprint density at radius 3 is 2.64 bits per heavy atom. The van der Waals surface area contributed by atoms with E-state index in [1.54, 1.807) is 0 Å². The Labute approximate surface area is 76.9 Å². The Bertz CT molecular complexity index is 254. The molecule has 0 bridgehead atoms. The Morgan fingerprint density at radius 2 is 2.18 bits per heavy atom. The Balaban J connectivity index is 3.25. The summed E-state index contributed by atoms with van der Waals surface area (Å²) in [4.78, 5) is 0. The van der Waals surface area contributed by atoms with Gasteiger partial charge < -0.3 is 5.11 Å². The van der Waals surface area contributed by atoms with Gasteiger partial charge in [-0.2, -0.15) is 0 Å². The van der Waals surface area contributed by atoms with Gasteiger partial charge in [-0.3, -0.25) is 0 Å². The van der Waals surface area contributed by atoms with Crippen molar-refractivity contribution in [3.05, 3.63) is 28.0 Å². The zero-order valence-corrected chi connectivity index (χ0v) is 7.78. The van der Waals surface area contributed by atoms with Crippen LogP contribution >= 0.6 is 27.5 Å². The number of phenols is 1. The summed E-state index contributed by atoms with van der Waals surface area (Å²) in [6.45, 7) is 0. The van der Waals surface area contributed by atoms with Gasteiger partial charge >= 0.3 is 0 Å². The lowest BCUT2D eigenvalue weighted by molar-refractivity contribution is 0.463. The van der Waals surface area contributed by atoms with Gasteiger partial charge in [0.1, 0.15) is 11.6 Å². The summed E-state index contributed by atoms with van der Waals surface area (Å²) in [5, 5.41) is 9.12. The van der Waals surface area contributed by atoms with Crippen molar-refractivity contribution in [2.45, 2.75) is 5.88 Å². The fourth-order valence-electron chi connectivity index (χ4n) is 0.722. The van der Waals surface area contributed by atoms with Gasteiger partial charge in [-0.15, -0.1) is 11.6 Å². The Kier molecular flexibility index (Phi) is 2.73. The molecule has 1 rings (SSSR count). The van der Waals surface area contributed by atoms with Crippen LogP contribution in [0.15, 0.2) is 16.6 Å². The molecule has 11 heavy (non-hydrogen) atoms. The molecule has 0 saturated carbocycles. The van der Waals surface area contributed by atoms with Gasteiger partial charge in [-0.05, 0) is 6.07 Å². The maximum absolute atomic E-state index is 12.5. The summed E-state index contributed by atoms with van der Waals surface area (Å²) in [7, 11) is 0. The molecule has 60 valence electrons. The van der Waals surface area contributed by atoms with Crippen LogP contribution in [0.5, 0.6) is 5.75 Å². The lowest BCUT2D eigenvalue weighted by Gasteiger charge is -2.02. The van der Waals surface area contributed by atoms with Crippen molar-refractivity contribution in [1.82, 2.24) is 0 Å². The zero-order chi connectivity index (χ0) is 8.43. The average molecular weight is 239 g/mol. The molecule has 0 saturated heterocycles. The first kappa shape index (κ1) is 8.81. The molecule has 0 heterocycles. The van der Waals surface area contributed by atoms with Crippen molar-refractivity contribution >= 4 is 27.5 Å². The van der Waals surface area contributed by atoms with Crippen LogP contribution in [0.1, 0.15) is 5.56 Å². The third kappa shape index (κ3) is 1.84. The second-order valence-corrected chi connectivity index (χ2v) is 3.14. The van der Waals surface area contributed by atoms with Crippen LogP contribution in [0.4, 0.5) is 4.39 Å². The summed E-state index contributed by atoms with van der Waals surface area (Å²) in [6, 6.07) is 2.29. The predicted molar refractivity (Wildman–Crippen MR) is 45.3 cm³/mol. The second-order valence-electron chi connectivity index (χ2n) is 2.02. The quantitative estimate of drug-likeness (QED) is 0.747. The highest BCUT2D eigenvalue weighted by atomic mass is 79.9. The smallest absolute Gasteiger partial charge is 0.128 e. The van der Waals surface area contributed by atoms with E-state index in [4.69, 9.17) is 16.7 Å². The average Bonchev–Trinajstić information content (AvgIpc) is 1.85. The van der Waals surface area contributed by atoms with E-state index in [2.05, 4.69) is 15.9 Å². The van der Waals surface area contributed by atoms with E-state index in [0.717, 1.165) is 6.07 Å². The van der Waals surface area contributed by atoms with Crippen molar-refractivity contribution < 1.29 is 9.50 Å². The lowest BCUT2D eigenvalue weighted by Crippen LogP contribution is -1.84. The van der Waals surface area contributed by atoms with E-state index in [1.165, 1.54) is 6.07 Å². The normalized spacial score (nSPS) is 10.1. The van der Waals surface area contributed by atoms with Crippen LogP contribution in [-0.4, -0.2) is 5.11 Å². The minimum Gasteiger partial charge on any atom is -0.507 e. The van der Waals surface area contributed by atoms with Crippen molar-refractivity contribution in [2.75, 3.05) is 0 Å². The number of hydrogen-bond acceptors (Lipinski definition) is 1. The third-order valence-electron chi connectivity index (χ3n) is 1.27. The minimum absolute atomic E-state index is 0.119. The van der Waals surface area contributed by atoms with Crippen molar-refractivity contribution in [3.63, 3.8) is 0 Å².